The van der Waals surface area contributed by atoms with Crippen molar-refractivity contribution in [2.45, 2.75) is 25.8 Å². The lowest BCUT2D eigenvalue weighted by Crippen LogP contribution is -2.05. The Morgan fingerprint density at radius 1 is 1.43 bits per heavy atom. The van der Waals surface area contributed by atoms with Crippen molar-refractivity contribution in [1.82, 2.24) is 0 Å². The maximum atomic E-state index is 8.50. The van der Waals surface area contributed by atoms with Gasteiger partial charge in [0.25, 0.3) is 0 Å². The average Bonchev–Trinajstić information content (AvgIpc) is 2.90. The molecule has 0 aliphatic carbocycles. The molecule has 0 radical (unpaired) electrons. The third kappa shape index (κ3) is 4.76. The van der Waals surface area contributed by atoms with E-state index in [0.29, 0.717) is 13.0 Å². The summed E-state index contributed by atoms with van der Waals surface area (Å²) in [6, 6.07) is 12.3. The van der Waals surface area contributed by atoms with E-state index in [1.165, 1.54) is 4.88 Å². The molecule has 21 heavy (non-hydrogen) atoms. The Morgan fingerprint density at radius 3 is 3.00 bits per heavy atom. The highest BCUT2D eigenvalue weighted by molar-refractivity contribution is 9.10. The van der Waals surface area contributed by atoms with Crippen LogP contribution in [0.5, 0.6) is 5.75 Å². The molecule has 1 N–H and O–H groups in total. The number of halogens is 1. The van der Waals surface area contributed by atoms with Crippen LogP contribution >= 0.6 is 27.3 Å². The summed E-state index contributed by atoms with van der Waals surface area (Å²) in [6.07, 6.45) is 1.29. The van der Waals surface area contributed by atoms with Crippen LogP contribution in [0.2, 0.25) is 0 Å². The molecule has 2 aromatic rings. The zero-order valence-corrected chi connectivity index (χ0v) is 14.2. The molecule has 3 nitrogen and oxygen atoms in total. The Labute approximate surface area is 137 Å². The molecule has 0 saturated carbocycles. The number of benzene rings is 1. The SMILES string of the molecule is CC(Nc1cccc(OCCCC#N)c1)c1sccc1Br. The molecule has 1 aromatic heterocycles. The maximum absolute atomic E-state index is 8.50. The van der Waals surface area contributed by atoms with Crippen molar-refractivity contribution in [2.24, 2.45) is 0 Å². The Hall–Kier alpha value is -1.51. The molecule has 0 spiro atoms. The molecule has 1 unspecified atom stereocenters. The molecule has 1 heterocycles. The van der Waals surface area contributed by atoms with Crippen LogP contribution in [-0.4, -0.2) is 6.61 Å². The Kier molecular flexibility index (Phi) is 6.09. The van der Waals surface area contributed by atoms with Crippen molar-refractivity contribution in [3.05, 3.63) is 45.1 Å². The van der Waals surface area contributed by atoms with E-state index in [1.54, 1.807) is 11.3 Å². The lowest BCUT2D eigenvalue weighted by Gasteiger charge is -2.15. The fraction of sp³-hybridized carbons (Fsp3) is 0.312. The molecule has 1 aromatic carbocycles. The first-order valence-corrected chi connectivity index (χ1v) is 8.47. The highest BCUT2D eigenvalue weighted by atomic mass is 79.9. The number of anilines is 1. The molecule has 110 valence electrons. The molecule has 0 aliphatic heterocycles. The highest BCUT2D eigenvalue weighted by Gasteiger charge is 2.10. The first-order valence-electron chi connectivity index (χ1n) is 6.80. The van der Waals surface area contributed by atoms with E-state index in [2.05, 4.69) is 45.7 Å². The molecule has 0 saturated heterocycles. The molecular formula is C16H17BrN2OS. The fourth-order valence-corrected chi connectivity index (χ4v) is 3.67. The lowest BCUT2D eigenvalue weighted by atomic mass is 10.2. The number of hydrogen-bond acceptors (Lipinski definition) is 4. The van der Waals surface area contributed by atoms with Crippen LogP contribution in [0.4, 0.5) is 5.69 Å². The van der Waals surface area contributed by atoms with E-state index < -0.39 is 0 Å². The zero-order chi connectivity index (χ0) is 15.1. The molecule has 0 amide bonds. The summed E-state index contributed by atoms with van der Waals surface area (Å²) in [7, 11) is 0. The van der Waals surface area contributed by atoms with Gasteiger partial charge in [0.1, 0.15) is 5.75 Å². The van der Waals surface area contributed by atoms with Crippen molar-refractivity contribution < 1.29 is 4.74 Å². The van der Waals surface area contributed by atoms with Gasteiger partial charge in [0.2, 0.25) is 0 Å². The predicted molar refractivity (Wildman–Crippen MR) is 90.8 cm³/mol. The summed E-state index contributed by atoms with van der Waals surface area (Å²) in [5.74, 6) is 0.829. The van der Waals surface area contributed by atoms with E-state index >= 15 is 0 Å². The van der Waals surface area contributed by atoms with E-state index in [0.717, 1.165) is 22.3 Å². The van der Waals surface area contributed by atoms with Crippen LogP contribution in [0.1, 0.15) is 30.7 Å². The van der Waals surface area contributed by atoms with E-state index in [1.807, 2.05) is 24.3 Å². The molecule has 0 bridgehead atoms. The zero-order valence-electron chi connectivity index (χ0n) is 11.8. The standard InChI is InChI=1S/C16H17BrN2OS/c1-12(16-15(17)7-10-21-16)19-13-5-4-6-14(11-13)20-9-3-2-8-18/h4-7,10-12,19H,2-3,9H2,1H3. The van der Waals surface area contributed by atoms with E-state index in [-0.39, 0.29) is 6.04 Å². The Morgan fingerprint density at radius 2 is 2.29 bits per heavy atom. The summed E-state index contributed by atoms with van der Waals surface area (Å²) in [5.41, 5.74) is 1.03. The van der Waals surface area contributed by atoms with E-state index in [4.69, 9.17) is 10.00 Å². The van der Waals surface area contributed by atoms with Gasteiger partial charge in [-0.1, -0.05) is 6.07 Å². The van der Waals surface area contributed by atoms with Gasteiger partial charge in [-0.3, -0.25) is 0 Å². The number of thiophene rings is 1. The number of nitriles is 1. The van der Waals surface area contributed by atoms with Crippen molar-refractivity contribution in [2.75, 3.05) is 11.9 Å². The number of rotatable bonds is 7. The normalized spacial score (nSPS) is 11.7. The quantitative estimate of drug-likeness (QED) is 0.671. The lowest BCUT2D eigenvalue weighted by molar-refractivity contribution is 0.313. The van der Waals surface area contributed by atoms with Crippen LogP contribution in [0.25, 0.3) is 0 Å². The van der Waals surface area contributed by atoms with Crippen molar-refractivity contribution >= 4 is 33.0 Å². The minimum Gasteiger partial charge on any atom is -0.493 e. The number of unbranched alkanes of at least 4 members (excludes halogenated alkanes) is 1. The van der Waals surface area contributed by atoms with Crippen molar-refractivity contribution in [3.8, 4) is 11.8 Å². The van der Waals surface area contributed by atoms with Crippen LogP contribution in [-0.2, 0) is 0 Å². The average molecular weight is 365 g/mol. The molecule has 0 fully saturated rings. The third-order valence-electron chi connectivity index (χ3n) is 2.96. The maximum Gasteiger partial charge on any atom is 0.121 e. The molecule has 5 heteroatoms. The summed E-state index contributed by atoms with van der Waals surface area (Å²) in [5, 5.41) is 14.1. The molecule has 0 aliphatic rings. The largest absolute Gasteiger partial charge is 0.493 e. The smallest absolute Gasteiger partial charge is 0.121 e. The Balaban J connectivity index is 1.95. The number of nitrogens with zero attached hydrogens (tertiary/aromatic N) is 1. The van der Waals surface area contributed by atoms with Gasteiger partial charge in [-0.25, -0.2) is 0 Å². The molecule has 2 rings (SSSR count). The summed E-state index contributed by atoms with van der Waals surface area (Å²) in [4.78, 5) is 1.27. The van der Waals surface area contributed by atoms with Crippen LogP contribution in [0.15, 0.2) is 40.2 Å². The summed E-state index contributed by atoms with van der Waals surface area (Å²) in [6.45, 7) is 2.71. The molecule has 1 atom stereocenters. The van der Waals surface area contributed by atoms with E-state index in [9.17, 15) is 0 Å². The summed E-state index contributed by atoms with van der Waals surface area (Å²) < 4.78 is 6.78. The topological polar surface area (TPSA) is 45.0 Å². The van der Waals surface area contributed by atoms with Gasteiger partial charge in [-0.05, 0) is 52.9 Å². The second-order valence-corrected chi connectivity index (χ2v) is 6.44. The van der Waals surface area contributed by atoms with Crippen LogP contribution < -0.4 is 10.1 Å². The van der Waals surface area contributed by atoms with Gasteiger partial charge < -0.3 is 10.1 Å². The first-order chi connectivity index (χ1) is 10.2. The monoisotopic (exact) mass is 364 g/mol. The van der Waals surface area contributed by atoms with Gasteiger partial charge in [0, 0.05) is 27.5 Å². The van der Waals surface area contributed by atoms with Gasteiger partial charge >= 0.3 is 0 Å². The van der Waals surface area contributed by atoms with Crippen LogP contribution in [0, 0.1) is 11.3 Å². The fourth-order valence-electron chi connectivity index (χ4n) is 1.95. The van der Waals surface area contributed by atoms with Crippen molar-refractivity contribution in [1.29, 1.82) is 5.26 Å². The van der Waals surface area contributed by atoms with Crippen LogP contribution in [0.3, 0.4) is 0 Å². The minimum absolute atomic E-state index is 0.230. The number of hydrogen-bond donors (Lipinski definition) is 1. The van der Waals surface area contributed by atoms with Gasteiger partial charge in [-0.15, -0.1) is 11.3 Å². The number of nitrogens with one attached hydrogen (secondary N) is 1. The second kappa shape index (κ2) is 8.06. The summed E-state index contributed by atoms with van der Waals surface area (Å²) >= 11 is 5.29. The van der Waals surface area contributed by atoms with Gasteiger partial charge in [-0.2, -0.15) is 5.26 Å². The Bertz CT molecular complexity index is 621. The first kappa shape index (κ1) is 15.9. The molecular weight excluding hydrogens is 348 g/mol. The predicted octanol–water partition coefficient (Wildman–Crippen LogP) is 5.37. The second-order valence-electron chi connectivity index (χ2n) is 4.64. The minimum atomic E-state index is 0.230. The third-order valence-corrected chi connectivity index (χ3v) is 5.01. The van der Waals surface area contributed by atoms with Crippen molar-refractivity contribution in [3.63, 3.8) is 0 Å². The van der Waals surface area contributed by atoms with Gasteiger partial charge in [0.05, 0.1) is 18.7 Å². The highest BCUT2D eigenvalue weighted by Crippen LogP contribution is 2.31. The number of ether oxygens (including phenoxy) is 1. The van der Waals surface area contributed by atoms with Gasteiger partial charge in [0.15, 0.2) is 0 Å².